The molecule has 3 heteroatoms. The third-order valence-corrected chi connectivity index (χ3v) is 2.68. The normalized spacial score (nSPS) is 20.7. The molecule has 1 heterocycles. The van der Waals surface area contributed by atoms with E-state index in [4.69, 9.17) is 0 Å². The second kappa shape index (κ2) is 2.94. The molecule has 0 N–H and O–H groups in total. The number of hydrogen-bond donors (Lipinski definition) is 0. The van der Waals surface area contributed by atoms with Gasteiger partial charge in [-0.15, -0.1) is 5.10 Å². The van der Waals surface area contributed by atoms with Crippen LogP contribution in [0.15, 0.2) is 36.4 Å². The fourth-order valence-electron chi connectivity index (χ4n) is 1.95. The average molecular weight is 185 g/mol. The minimum Gasteiger partial charge on any atom is -0.238 e. The molecule has 0 aliphatic heterocycles. The Kier molecular flexibility index (Phi) is 1.63. The summed E-state index contributed by atoms with van der Waals surface area (Å²) in [6.07, 6.45) is 6.72. The van der Waals surface area contributed by atoms with Gasteiger partial charge in [0.15, 0.2) is 0 Å². The Morgan fingerprint density at radius 3 is 3.07 bits per heavy atom. The zero-order valence-electron chi connectivity index (χ0n) is 7.80. The lowest BCUT2D eigenvalue weighted by molar-refractivity contribution is 0.527. The Labute approximate surface area is 82.0 Å². The summed E-state index contributed by atoms with van der Waals surface area (Å²) in [6.45, 7) is 0. The van der Waals surface area contributed by atoms with Crippen molar-refractivity contribution in [2.75, 3.05) is 0 Å². The monoisotopic (exact) mass is 185 g/mol. The summed E-state index contributed by atoms with van der Waals surface area (Å²) in [5.41, 5.74) is 2.11. The van der Waals surface area contributed by atoms with Crippen LogP contribution in [0.4, 0.5) is 0 Å². The molecule has 0 fully saturated rings. The van der Waals surface area contributed by atoms with Crippen molar-refractivity contribution in [3.05, 3.63) is 36.4 Å². The number of nitrogens with zero attached hydrogens (tertiary/aromatic N) is 3. The summed E-state index contributed by atoms with van der Waals surface area (Å²) in [5.74, 6) is 0. The SMILES string of the molecule is C1=CC(n2nnc3ccccc32)CC1. The van der Waals surface area contributed by atoms with E-state index in [9.17, 15) is 0 Å². The summed E-state index contributed by atoms with van der Waals surface area (Å²) in [4.78, 5) is 0. The Balaban J connectivity index is 2.16. The largest absolute Gasteiger partial charge is 0.238 e. The zero-order valence-corrected chi connectivity index (χ0v) is 7.80. The standard InChI is InChI=1S/C11H11N3/c1-2-6-9(5-1)14-11-8-4-3-7-10(11)12-13-14/h1,3-5,7-9H,2,6H2. The highest BCUT2D eigenvalue weighted by Crippen LogP contribution is 2.24. The first-order chi connectivity index (χ1) is 6.95. The molecular weight excluding hydrogens is 174 g/mol. The van der Waals surface area contributed by atoms with E-state index in [1.807, 2.05) is 22.9 Å². The molecule has 3 nitrogen and oxygen atoms in total. The van der Waals surface area contributed by atoms with E-state index in [0.29, 0.717) is 6.04 Å². The lowest BCUT2D eigenvalue weighted by Gasteiger charge is -2.07. The van der Waals surface area contributed by atoms with Gasteiger partial charge in [-0.2, -0.15) is 0 Å². The topological polar surface area (TPSA) is 30.7 Å². The Bertz CT molecular complexity index is 484. The van der Waals surface area contributed by atoms with Crippen molar-refractivity contribution in [1.29, 1.82) is 0 Å². The van der Waals surface area contributed by atoms with E-state index in [-0.39, 0.29) is 0 Å². The van der Waals surface area contributed by atoms with Crippen LogP contribution in [-0.2, 0) is 0 Å². The summed E-state index contributed by atoms with van der Waals surface area (Å²) in [7, 11) is 0. The van der Waals surface area contributed by atoms with Gasteiger partial charge in [-0.3, -0.25) is 0 Å². The van der Waals surface area contributed by atoms with Crippen LogP contribution in [0.2, 0.25) is 0 Å². The molecule has 14 heavy (non-hydrogen) atoms. The van der Waals surface area contributed by atoms with Crippen molar-refractivity contribution in [1.82, 2.24) is 15.0 Å². The van der Waals surface area contributed by atoms with Crippen molar-refractivity contribution in [3.8, 4) is 0 Å². The number of allylic oxidation sites excluding steroid dienone is 2. The highest BCUT2D eigenvalue weighted by atomic mass is 15.4. The van der Waals surface area contributed by atoms with Crippen molar-refractivity contribution in [2.45, 2.75) is 18.9 Å². The second-order valence-corrected chi connectivity index (χ2v) is 3.60. The molecule has 1 aromatic heterocycles. The summed E-state index contributed by atoms with van der Waals surface area (Å²) in [5, 5.41) is 8.34. The van der Waals surface area contributed by atoms with Gasteiger partial charge in [0.05, 0.1) is 11.6 Å². The Morgan fingerprint density at radius 2 is 2.21 bits per heavy atom. The number of benzene rings is 1. The predicted molar refractivity (Wildman–Crippen MR) is 54.9 cm³/mol. The minimum absolute atomic E-state index is 0.405. The van der Waals surface area contributed by atoms with Gasteiger partial charge in [-0.1, -0.05) is 29.5 Å². The minimum atomic E-state index is 0.405. The Morgan fingerprint density at radius 1 is 1.29 bits per heavy atom. The quantitative estimate of drug-likeness (QED) is 0.638. The van der Waals surface area contributed by atoms with Crippen LogP contribution in [0, 0.1) is 0 Å². The first-order valence-electron chi connectivity index (χ1n) is 4.92. The number of para-hydroxylation sites is 1. The van der Waals surface area contributed by atoms with E-state index < -0.39 is 0 Å². The molecule has 1 aliphatic carbocycles. The van der Waals surface area contributed by atoms with Crippen molar-refractivity contribution < 1.29 is 0 Å². The average Bonchev–Trinajstić information content (AvgIpc) is 2.85. The number of hydrogen-bond acceptors (Lipinski definition) is 2. The molecule has 1 unspecified atom stereocenters. The number of fused-ring (bicyclic) bond motifs is 1. The molecule has 0 amide bonds. The molecule has 0 saturated carbocycles. The smallest absolute Gasteiger partial charge is 0.113 e. The van der Waals surface area contributed by atoms with Crippen LogP contribution in [-0.4, -0.2) is 15.0 Å². The molecule has 1 aromatic carbocycles. The number of rotatable bonds is 1. The van der Waals surface area contributed by atoms with Gasteiger partial charge >= 0.3 is 0 Å². The molecule has 1 aliphatic rings. The molecule has 0 saturated heterocycles. The van der Waals surface area contributed by atoms with Gasteiger partial charge in [0.1, 0.15) is 5.52 Å². The van der Waals surface area contributed by atoms with Crippen LogP contribution in [0.1, 0.15) is 18.9 Å². The third kappa shape index (κ3) is 1.05. The molecule has 2 aromatic rings. The second-order valence-electron chi connectivity index (χ2n) is 3.60. The maximum absolute atomic E-state index is 4.19. The van der Waals surface area contributed by atoms with Crippen molar-refractivity contribution in [2.24, 2.45) is 0 Å². The lowest BCUT2D eigenvalue weighted by Crippen LogP contribution is -2.05. The predicted octanol–water partition coefficient (Wildman–Crippen LogP) is 2.32. The first kappa shape index (κ1) is 7.74. The maximum Gasteiger partial charge on any atom is 0.113 e. The van der Waals surface area contributed by atoms with Gasteiger partial charge in [0.2, 0.25) is 0 Å². The van der Waals surface area contributed by atoms with Crippen LogP contribution < -0.4 is 0 Å². The van der Waals surface area contributed by atoms with Gasteiger partial charge < -0.3 is 0 Å². The van der Waals surface area contributed by atoms with Gasteiger partial charge in [-0.05, 0) is 25.0 Å². The molecule has 0 radical (unpaired) electrons. The van der Waals surface area contributed by atoms with E-state index in [2.05, 4.69) is 28.5 Å². The molecule has 0 bridgehead atoms. The van der Waals surface area contributed by atoms with E-state index in [1.165, 1.54) is 0 Å². The summed E-state index contributed by atoms with van der Waals surface area (Å²) < 4.78 is 2.01. The van der Waals surface area contributed by atoms with Crippen molar-refractivity contribution >= 4 is 11.0 Å². The summed E-state index contributed by atoms with van der Waals surface area (Å²) >= 11 is 0. The van der Waals surface area contributed by atoms with Crippen LogP contribution >= 0.6 is 0 Å². The van der Waals surface area contributed by atoms with Crippen molar-refractivity contribution in [3.63, 3.8) is 0 Å². The first-order valence-corrected chi connectivity index (χ1v) is 4.92. The van der Waals surface area contributed by atoms with Gasteiger partial charge in [0, 0.05) is 0 Å². The molecular formula is C11H11N3. The fraction of sp³-hybridized carbons (Fsp3) is 0.273. The molecule has 1 atom stereocenters. The van der Waals surface area contributed by atoms with E-state index >= 15 is 0 Å². The molecule has 3 rings (SSSR count). The summed E-state index contributed by atoms with van der Waals surface area (Å²) in [6, 6.07) is 8.49. The zero-order chi connectivity index (χ0) is 9.38. The lowest BCUT2D eigenvalue weighted by atomic mass is 10.2. The molecule has 0 spiro atoms. The fourth-order valence-corrected chi connectivity index (χ4v) is 1.95. The Hall–Kier alpha value is -1.64. The van der Waals surface area contributed by atoms with Crippen LogP contribution in [0.3, 0.4) is 0 Å². The van der Waals surface area contributed by atoms with Crippen LogP contribution in [0.5, 0.6) is 0 Å². The molecule has 70 valence electrons. The number of aromatic nitrogens is 3. The highest BCUT2D eigenvalue weighted by Gasteiger charge is 2.14. The third-order valence-electron chi connectivity index (χ3n) is 2.68. The van der Waals surface area contributed by atoms with Gasteiger partial charge in [-0.25, -0.2) is 4.68 Å². The van der Waals surface area contributed by atoms with Crippen LogP contribution in [0.25, 0.3) is 11.0 Å². The highest BCUT2D eigenvalue weighted by molar-refractivity contribution is 5.74. The van der Waals surface area contributed by atoms with Gasteiger partial charge in [0.25, 0.3) is 0 Å². The van der Waals surface area contributed by atoms with E-state index in [0.717, 1.165) is 23.9 Å². The van der Waals surface area contributed by atoms with E-state index in [1.54, 1.807) is 0 Å². The maximum atomic E-state index is 4.19.